The third-order valence-electron chi connectivity index (χ3n) is 5.20. The van der Waals surface area contributed by atoms with E-state index < -0.39 is 29.8 Å². The van der Waals surface area contributed by atoms with Crippen molar-refractivity contribution >= 4 is 29.4 Å². The predicted octanol–water partition coefficient (Wildman–Crippen LogP) is 4.68. The van der Waals surface area contributed by atoms with E-state index in [4.69, 9.17) is 21.1 Å². The number of aliphatic carboxylic acids is 2. The van der Waals surface area contributed by atoms with Crippen LogP contribution in [0.2, 0.25) is 5.02 Å². The van der Waals surface area contributed by atoms with E-state index in [1.54, 1.807) is 13.0 Å². The van der Waals surface area contributed by atoms with Gasteiger partial charge in [0.15, 0.2) is 5.76 Å². The normalized spacial score (nSPS) is 12.7. The highest BCUT2D eigenvalue weighted by atomic mass is 35.5. The number of rotatable bonds is 10. The van der Waals surface area contributed by atoms with Gasteiger partial charge in [0, 0.05) is 11.1 Å². The minimum absolute atomic E-state index is 0.0180. The quantitative estimate of drug-likeness (QED) is 0.397. The molecule has 0 saturated carbocycles. The molecule has 2 atom stereocenters. The van der Waals surface area contributed by atoms with E-state index >= 15 is 0 Å². The largest absolute Gasteiger partial charge is 0.481 e. The van der Waals surface area contributed by atoms with Gasteiger partial charge in [0.25, 0.3) is 5.91 Å². The standard InChI is InChI=1S/C25H24ClNO6/c1-15(25(31)32)11-20(27-24(30)22-10-9-21(33-22)14-23(28)29)12-16-5-7-17(8-6-16)18-3-2-4-19(26)13-18/h2-10,13,15,20H,11-12,14H2,1H3,(H,27,30)(H,28,29)(H,31,32). The second kappa shape index (κ2) is 10.8. The first-order chi connectivity index (χ1) is 15.7. The monoisotopic (exact) mass is 469 g/mol. The molecule has 3 N–H and O–H groups in total. The highest BCUT2D eigenvalue weighted by molar-refractivity contribution is 6.30. The summed E-state index contributed by atoms with van der Waals surface area (Å²) in [5, 5.41) is 21.7. The van der Waals surface area contributed by atoms with Crippen LogP contribution in [-0.4, -0.2) is 34.1 Å². The topological polar surface area (TPSA) is 117 Å². The SMILES string of the molecule is CC(CC(Cc1ccc(-c2cccc(Cl)c2)cc1)NC(=O)c1ccc(CC(=O)O)o1)C(=O)O. The first-order valence-corrected chi connectivity index (χ1v) is 10.8. The maximum atomic E-state index is 12.7. The predicted molar refractivity (Wildman–Crippen MR) is 123 cm³/mol. The average molecular weight is 470 g/mol. The first-order valence-electron chi connectivity index (χ1n) is 10.4. The Hall–Kier alpha value is -3.58. The van der Waals surface area contributed by atoms with Gasteiger partial charge in [-0.05, 0) is 53.8 Å². The highest BCUT2D eigenvalue weighted by Crippen LogP contribution is 2.24. The Morgan fingerprint density at radius 1 is 1.00 bits per heavy atom. The van der Waals surface area contributed by atoms with E-state index in [-0.39, 0.29) is 24.4 Å². The lowest BCUT2D eigenvalue weighted by atomic mass is 9.95. The molecule has 0 aliphatic rings. The van der Waals surface area contributed by atoms with Crippen LogP contribution in [-0.2, 0) is 22.4 Å². The van der Waals surface area contributed by atoms with Crippen LogP contribution in [0.4, 0.5) is 0 Å². The van der Waals surface area contributed by atoms with Crippen molar-refractivity contribution in [1.82, 2.24) is 5.32 Å². The lowest BCUT2D eigenvalue weighted by molar-refractivity contribution is -0.141. The smallest absolute Gasteiger partial charge is 0.311 e. The molecule has 1 aromatic heterocycles. The number of nitrogens with one attached hydrogen (secondary N) is 1. The molecule has 3 rings (SSSR count). The number of halogens is 1. The molecule has 0 bridgehead atoms. The van der Waals surface area contributed by atoms with Crippen molar-refractivity contribution in [3.63, 3.8) is 0 Å². The summed E-state index contributed by atoms with van der Waals surface area (Å²) in [7, 11) is 0. The van der Waals surface area contributed by atoms with Crippen LogP contribution in [0.1, 0.15) is 35.2 Å². The van der Waals surface area contributed by atoms with Crippen molar-refractivity contribution in [1.29, 1.82) is 0 Å². The van der Waals surface area contributed by atoms with Crippen LogP contribution in [0.25, 0.3) is 11.1 Å². The fraction of sp³-hybridized carbons (Fsp3) is 0.240. The lowest BCUT2D eigenvalue weighted by Crippen LogP contribution is -2.38. The second-order valence-corrected chi connectivity index (χ2v) is 8.33. The number of carbonyl (C=O) groups is 3. The van der Waals surface area contributed by atoms with E-state index in [0.717, 1.165) is 16.7 Å². The summed E-state index contributed by atoms with van der Waals surface area (Å²) in [6.45, 7) is 1.58. The maximum Gasteiger partial charge on any atom is 0.311 e. The van der Waals surface area contributed by atoms with Gasteiger partial charge in [0.05, 0.1) is 5.92 Å². The minimum Gasteiger partial charge on any atom is -0.481 e. The van der Waals surface area contributed by atoms with Crippen molar-refractivity contribution in [2.45, 2.75) is 32.2 Å². The Labute approximate surface area is 196 Å². The molecule has 1 amide bonds. The zero-order valence-electron chi connectivity index (χ0n) is 18.0. The van der Waals surface area contributed by atoms with Gasteiger partial charge in [0.1, 0.15) is 12.2 Å². The number of carboxylic acids is 2. The summed E-state index contributed by atoms with van der Waals surface area (Å²) in [6.07, 6.45) is 0.313. The number of carbonyl (C=O) groups excluding carboxylic acids is 1. The molecule has 1 heterocycles. The third kappa shape index (κ3) is 6.95. The summed E-state index contributed by atoms with van der Waals surface area (Å²) in [5.41, 5.74) is 2.89. The molecule has 0 aliphatic heterocycles. The van der Waals surface area contributed by atoms with Crippen LogP contribution in [0.3, 0.4) is 0 Å². The fourth-order valence-electron chi connectivity index (χ4n) is 3.51. The van der Waals surface area contributed by atoms with E-state index in [1.165, 1.54) is 12.1 Å². The molecule has 172 valence electrons. The summed E-state index contributed by atoms with van der Waals surface area (Å²) in [6, 6.07) is 17.6. The van der Waals surface area contributed by atoms with Gasteiger partial charge < -0.3 is 19.9 Å². The third-order valence-corrected chi connectivity index (χ3v) is 5.43. The number of amides is 1. The van der Waals surface area contributed by atoms with Gasteiger partial charge in [-0.3, -0.25) is 14.4 Å². The molecule has 7 nitrogen and oxygen atoms in total. The summed E-state index contributed by atoms with van der Waals surface area (Å²) in [5.74, 6) is -3.06. The Morgan fingerprint density at radius 2 is 1.73 bits per heavy atom. The molecule has 0 spiro atoms. The van der Waals surface area contributed by atoms with Crippen LogP contribution in [0.15, 0.2) is 65.1 Å². The molecule has 0 saturated heterocycles. The van der Waals surface area contributed by atoms with Gasteiger partial charge >= 0.3 is 11.9 Å². The summed E-state index contributed by atoms with van der Waals surface area (Å²) in [4.78, 5) is 34.9. The molecular weight excluding hydrogens is 446 g/mol. The first kappa shape index (κ1) is 24.1. The van der Waals surface area contributed by atoms with E-state index in [9.17, 15) is 19.5 Å². The van der Waals surface area contributed by atoms with E-state index in [1.807, 2.05) is 42.5 Å². The summed E-state index contributed by atoms with van der Waals surface area (Å²) < 4.78 is 5.31. The Morgan fingerprint density at radius 3 is 2.36 bits per heavy atom. The number of carboxylic acid groups (broad SMARTS) is 2. The molecule has 2 aromatic carbocycles. The Balaban J connectivity index is 1.73. The minimum atomic E-state index is -1.06. The van der Waals surface area contributed by atoms with Gasteiger partial charge in [-0.2, -0.15) is 0 Å². The van der Waals surface area contributed by atoms with Crippen molar-refractivity contribution in [2.75, 3.05) is 0 Å². The van der Waals surface area contributed by atoms with E-state index in [0.29, 0.717) is 11.4 Å². The summed E-state index contributed by atoms with van der Waals surface area (Å²) >= 11 is 6.07. The van der Waals surface area contributed by atoms with Crippen LogP contribution in [0.5, 0.6) is 0 Å². The number of furan rings is 1. The van der Waals surface area contributed by atoms with Gasteiger partial charge in [0.2, 0.25) is 0 Å². The van der Waals surface area contributed by atoms with Gasteiger partial charge in [-0.15, -0.1) is 0 Å². The molecule has 0 aliphatic carbocycles. The van der Waals surface area contributed by atoms with E-state index in [2.05, 4.69) is 5.32 Å². The number of hydrogen-bond acceptors (Lipinski definition) is 4. The van der Waals surface area contributed by atoms with Crippen molar-refractivity contribution in [2.24, 2.45) is 5.92 Å². The van der Waals surface area contributed by atoms with Crippen molar-refractivity contribution in [3.05, 3.63) is 82.8 Å². The zero-order valence-corrected chi connectivity index (χ0v) is 18.7. The van der Waals surface area contributed by atoms with Gasteiger partial charge in [-0.25, -0.2) is 0 Å². The Bertz CT molecular complexity index is 1140. The number of benzene rings is 2. The molecule has 0 fully saturated rings. The molecular formula is C25H24ClNO6. The Kier molecular flexibility index (Phi) is 7.90. The maximum absolute atomic E-state index is 12.7. The zero-order chi connectivity index (χ0) is 24.0. The number of hydrogen-bond donors (Lipinski definition) is 3. The fourth-order valence-corrected chi connectivity index (χ4v) is 3.70. The molecule has 3 aromatic rings. The van der Waals surface area contributed by atoms with Crippen molar-refractivity contribution < 1.29 is 29.0 Å². The average Bonchev–Trinajstić information content (AvgIpc) is 3.22. The molecule has 8 heteroatoms. The molecule has 33 heavy (non-hydrogen) atoms. The molecule has 0 radical (unpaired) electrons. The van der Waals surface area contributed by atoms with Crippen LogP contribution < -0.4 is 5.32 Å². The lowest BCUT2D eigenvalue weighted by Gasteiger charge is -2.20. The highest BCUT2D eigenvalue weighted by Gasteiger charge is 2.22. The van der Waals surface area contributed by atoms with Crippen LogP contribution >= 0.6 is 11.6 Å². The second-order valence-electron chi connectivity index (χ2n) is 7.89. The van der Waals surface area contributed by atoms with Crippen molar-refractivity contribution in [3.8, 4) is 11.1 Å². The van der Waals surface area contributed by atoms with Crippen LogP contribution in [0, 0.1) is 5.92 Å². The molecule has 2 unspecified atom stereocenters. The van der Waals surface area contributed by atoms with Gasteiger partial charge in [-0.1, -0.05) is 54.9 Å².